The minimum absolute atomic E-state index is 0.0480. The first-order chi connectivity index (χ1) is 14.0. The first-order valence-corrected chi connectivity index (χ1v) is 10.1. The molecule has 8 nitrogen and oxygen atoms in total. The van der Waals surface area contributed by atoms with Crippen LogP contribution in [0.25, 0.3) is 11.0 Å². The van der Waals surface area contributed by atoms with E-state index >= 15 is 0 Å². The summed E-state index contributed by atoms with van der Waals surface area (Å²) in [5, 5.41) is 3.11. The van der Waals surface area contributed by atoms with Crippen LogP contribution in [0.3, 0.4) is 0 Å². The third kappa shape index (κ3) is 4.00. The van der Waals surface area contributed by atoms with Gasteiger partial charge in [-0.25, -0.2) is 4.98 Å². The van der Waals surface area contributed by atoms with E-state index in [1.165, 1.54) is 11.3 Å². The van der Waals surface area contributed by atoms with Gasteiger partial charge in [-0.05, 0) is 43.4 Å². The minimum atomic E-state index is -0.552. The first-order valence-electron chi connectivity index (χ1n) is 9.32. The maximum Gasteiger partial charge on any atom is 0.326 e. The number of para-hydroxylation sites is 2. The van der Waals surface area contributed by atoms with Crippen molar-refractivity contribution in [2.24, 2.45) is 5.73 Å². The fourth-order valence-electron chi connectivity index (χ4n) is 3.54. The lowest BCUT2D eigenvalue weighted by Crippen LogP contribution is -2.24. The van der Waals surface area contributed by atoms with Gasteiger partial charge in [-0.1, -0.05) is 12.1 Å². The highest BCUT2D eigenvalue weighted by Gasteiger charge is 2.25. The lowest BCUT2D eigenvalue weighted by molar-refractivity contribution is -0.147. The Morgan fingerprint density at radius 3 is 2.83 bits per heavy atom. The number of thiophene rings is 1. The van der Waals surface area contributed by atoms with Gasteiger partial charge in [0.2, 0.25) is 0 Å². The molecule has 150 valence electrons. The van der Waals surface area contributed by atoms with Gasteiger partial charge in [-0.3, -0.25) is 14.4 Å². The van der Waals surface area contributed by atoms with Crippen LogP contribution in [-0.2, 0) is 33.7 Å². The number of aromatic nitrogens is 2. The van der Waals surface area contributed by atoms with E-state index in [0.717, 1.165) is 47.2 Å². The van der Waals surface area contributed by atoms with Crippen LogP contribution in [-0.4, -0.2) is 33.9 Å². The summed E-state index contributed by atoms with van der Waals surface area (Å²) < 4.78 is 6.75. The quantitative estimate of drug-likeness (QED) is 0.603. The second-order valence-corrected chi connectivity index (χ2v) is 7.95. The number of ether oxygens (including phenoxy) is 1. The Balaban J connectivity index is 1.37. The van der Waals surface area contributed by atoms with Crippen LogP contribution < -0.4 is 11.1 Å². The van der Waals surface area contributed by atoms with E-state index < -0.39 is 24.4 Å². The van der Waals surface area contributed by atoms with Crippen LogP contribution in [0.4, 0.5) is 5.00 Å². The highest BCUT2D eigenvalue weighted by molar-refractivity contribution is 7.17. The van der Waals surface area contributed by atoms with Crippen LogP contribution in [0.1, 0.15) is 33.6 Å². The van der Waals surface area contributed by atoms with Gasteiger partial charge in [0.15, 0.2) is 6.61 Å². The Bertz CT molecular complexity index is 1100. The van der Waals surface area contributed by atoms with Crippen molar-refractivity contribution in [1.82, 2.24) is 9.55 Å². The molecule has 3 aromatic rings. The summed E-state index contributed by atoms with van der Waals surface area (Å²) in [6.07, 6.45) is 5.27. The van der Waals surface area contributed by atoms with Gasteiger partial charge in [-0.15, -0.1) is 11.3 Å². The van der Waals surface area contributed by atoms with E-state index in [1.807, 2.05) is 24.3 Å². The number of aryl methyl sites for hydroxylation is 1. The molecule has 2 heterocycles. The second-order valence-electron chi connectivity index (χ2n) is 6.85. The molecule has 0 fully saturated rings. The number of amides is 2. The smallest absolute Gasteiger partial charge is 0.326 e. The Morgan fingerprint density at radius 2 is 2.00 bits per heavy atom. The molecule has 0 atom stereocenters. The molecular weight excluding hydrogens is 392 g/mol. The zero-order valence-corrected chi connectivity index (χ0v) is 16.5. The van der Waals surface area contributed by atoms with Gasteiger partial charge in [0.25, 0.3) is 11.8 Å². The molecule has 2 aromatic heterocycles. The normalized spacial score (nSPS) is 13.1. The number of esters is 1. The standard InChI is InChI=1S/C20H20N4O4S/c21-19(27)18-12-5-1-4-8-15(12)29-20(18)23-16(25)10-28-17(26)9-24-11-22-13-6-2-3-7-14(13)24/h2-3,6-7,11H,1,4-5,8-10H2,(H2,21,27)(H,23,25). The number of anilines is 1. The van der Waals surface area contributed by atoms with Crippen LogP contribution in [0.15, 0.2) is 30.6 Å². The van der Waals surface area contributed by atoms with Crippen molar-refractivity contribution in [3.63, 3.8) is 0 Å². The molecule has 9 heteroatoms. The second kappa shape index (κ2) is 8.04. The number of benzene rings is 1. The molecule has 0 radical (unpaired) electrons. The summed E-state index contributed by atoms with van der Waals surface area (Å²) in [7, 11) is 0. The zero-order valence-electron chi connectivity index (χ0n) is 15.6. The van der Waals surface area contributed by atoms with E-state index in [2.05, 4.69) is 10.3 Å². The van der Waals surface area contributed by atoms with Gasteiger partial charge in [0.05, 0.1) is 22.9 Å². The van der Waals surface area contributed by atoms with Crippen molar-refractivity contribution >= 4 is 45.2 Å². The van der Waals surface area contributed by atoms with Gasteiger partial charge in [0.1, 0.15) is 11.5 Å². The fraction of sp³-hybridized carbons (Fsp3) is 0.300. The lowest BCUT2D eigenvalue weighted by Gasteiger charge is -2.11. The van der Waals surface area contributed by atoms with Gasteiger partial charge < -0.3 is 20.4 Å². The van der Waals surface area contributed by atoms with Crippen LogP contribution >= 0.6 is 11.3 Å². The van der Waals surface area contributed by atoms with E-state index in [4.69, 9.17) is 10.5 Å². The van der Waals surface area contributed by atoms with Gasteiger partial charge in [0, 0.05) is 4.88 Å². The third-order valence-electron chi connectivity index (χ3n) is 4.86. The van der Waals surface area contributed by atoms with E-state index in [-0.39, 0.29) is 6.54 Å². The maximum absolute atomic E-state index is 12.3. The topological polar surface area (TPSA) is 116 Å². The van der Waals surface area contributed by atoms with E-state index in [0.29, 0.717) is 10.6 Å². The number of nitrogens with one attached hydrogen (secondary N) is 1. The van der Waals surface area contributed by atoms with Crippen molar-refractivity contribution in [1.29, 1.82) is 0 Å². The number of nitrogens with zero attached hydrogens (tertiary/aromatic N) is 2. The number of hydrogen-bond donors (Lipinski definition) is 2. The molecule has 0 bridgehead atoms. The highest BCUT2D eigenvalue weighted by Crippen LogP contribution is 2.37. The molecule has 1 aliphatic carbocycles. The number of carbonyl (C=O) groups is 3. The van der Waals surface area contributed by atoms with Crippen molar-refractivity contribution in [3.8, 4) is 0 Å². The van der Waals surface area contributed by atoms with Crippen LogP contribution in [0.5, 0.6) is 0 Å². The molecular formula is C20H20N4O4S. The number of primary amides is 1. The Kier molecular flexibility index (Phi) is 5.30. The summed E-state index contributed by atoms with van der Waals surface area (Å²) in [4.78, 5) is 41.6. The monoisotopic (exact) mass is 412 g/mol. The summed E-state index contributed by atoms with van der Waals surface area (Å²) in [5.74, 6) is -1.61. The van der Waals surface area contributed by atoms with Crippen LogP contribution in [0, 0.1) is 0 Å². The molecule has 0 spiro atoms. The average Bonchev–Trinajstić information content (AvgIpc) is 3.27. The highest BCUT2D eigenvalue weighted by atomic mass is 32.1. The largest absolute Gasteiger partial charge is 0.454 e. The number of hydrogen-bond acceptors (Lipinski definition) is 6. The number of fused-ring (bicyclic) bond motifs is 2. The maximum atomic E-state index is 12.3. The summed E-state index contributed by atoms with van der Waals surface area (Å²) in [6, 6.07) is 7.43. The van der Waals surface area contributed by atoms with E-state index in [1.54, 1.807) is 10.9 Å². The van der Waals surface area contributed by atoms with Crippen molar-refractivity contribution < 1.29 is 19.1 Å². The average molecular weight is 412 g/mol. The van der Waals surface area contributed by atoms with Crippen LogP contribution in [0.2, 0.25) is 0 Å². The first kappa shape index (κ1) is 19.1. The molecule has 0 saturated heterocycles. The molecule has 3 N–H and O–H groups in total. The Morgan fingerprint density at radius 1 is 1.21 bits per heavy atom. The number of rotatable bonds is 6. The third-order valence-corrected chi connectivity index (χ3v) is 6.07. The molecule has 4 rings (SSSR count). The molecule has 29 heavy (non-hydrogen) atoms. The molecule has 0 aliphatic heterocycles. The number of carbonyl (C=O) groups excluding carboxylic acids is 3. The SMILES string of the molecule is NC(=O)c1c(NC(=O)COC(=O)Cn2cnc3ccccc32)sc2c1CCCC2. The Labute approximate surface area is 170 Å². The lowest BCUT2D eigenvalue weighted by atomic mass is 9.95. The van der Waals surface area contributed by atoms with E-state index in [9.17, 15) is 14.4 Å². The summed E-state index contributed by atoms with van der Waals surface area (Å²) >= 11 is 1.37. The molecule has 1 aromatic carbocycles. The van der Waals surface area contributed by atoms with Gasteiger partial charge in [-0.2, -0.15) is 0 Å². The Hall–Kier alpha value is -3.20. The summed E-state index contributed by atoms with van der Waals surface area (Å²) in [6.45, 7) is -0.486. The van der Waals surface area contributed by atoms with Gasteiger partial charge >= 0.3 is 5.97 Å². The van der Waals surface area contributed by atoms with Crippen molar-refractivity contribution in [3.05, 3.63) is 46.6 Å². The van der Waals surface area contributed by atoms with Crippen molar-refractivity contribution in [2.75, 3.05) is 11.9 Å². The predicted octanol–water partition coefficient (Wildman–Crippen LogP) is 2.26. The molecule has 2 amide bonds. The molecule has 0 saturated carbocycles. The van der Waals surface area contributed by atoms with Crippen molar-refractivity contribution in [2.45, 2.75) is 32.2 Å². The number of nitrogens with two attached hydrogens (primary N) is 1. The fourth-order valence-corrected chi connectivity index (χ4v) is 4.86. The zero-order chi connectivity index (χ0) is 20.4. The minimum Gasteiger partial charge on any atom is -0.454 e. The summed E-state index contributed by atoms with van der Waals surface area (Å²) in [5.41, 5.74) is 8.43. The predicted molar refractivity (Wildman–Crippen MR) is 109 cm³/mol. The molecule has 0 unspecified atom stereocenters. The molecule has 1 aliphatic rings. The number of imidazole rings is 1.